The van der Waals surface area contributed by atoms with Crippen LogP contribution in [0.15, 0.2) is 72.8 Å². The molecule has 0 aliphatic carbocycles. The summed E-state index contributed by atoms with van der Waals surface area (Å²) in [5.41, 5.74) is 1.74. The Morgan fingerprint density at radius 2 is 1.69 bits per heavy atom. The van der Waals surface area contributed by atoms with E-state index in [9.17, 15) is 4.79 Å². The van der Waals surface area contributed by atoms with E-state index < -0.39 is 0 Å². The van der Waals surface area contributed by atoms with Crippen LogP contribution in [0.1, 0.15) is 5.69 Å². The lowest BCUT2D eigenvalue weighted by molar-refractivity contribution is -0.127. The van der Waals surface area contributed by atoms with Crippen molar-refractivity contribution < 1.29 is 9.53 Å². The molecule has 1 amide bonds. The van der Waals surface area contributed by atoms with Crippen molar-refractivity contribution in [3.63, 3.8) is 0 Å². The average molecular weight is 387 g/mol. The van der Waals surface area contributed by atoms with E-state index >= 15 is 0 Å². The fourth-order valence-electron chi connectivity index (χ4n) is 3.44. The number of piperazine rings is 1. The fourth-order valence-corrected chi connectivity index (χ4v) is 3.44. The second-order valence-corrected chi connectivity index (χ2v) is 7.09. The number of para-hydroxylation sites is 2. The second kappa shape index (κ2) is 9.34. The van der Waals surface area contributed by atoms with Crippen molar-refractivity contribution in [1.29, 1.82) is 0 Å². The summed E-state index contributed by atoms with van der Waals surface area (Å²) in [4.78, 5) is 21.3. The van der Waals surface area contributed by atoms with E-state index in [0.29, 0.717) is 6.61 Å². The highest BCUT2D eigenvalue weighted by Gasteiger charge is 2.19. The van der Waals surface area contributed by atoms with Crippen LogP contribution in [0.25, 0.3) is 17.0 Å². The average Bonchev–Trinajstić information content (AvgIpc) is 2.78. The number of carbonyl (C=O) groups excluding carboxylic acids is 1. The Morgan fingerprint density at radius 3 is 2.52 bits per heavy atom. The van der Waals surface area contributed by atoms with Gasteiger partial charge in [0.15, 0.2) is 0 Å². The molecule has 0 bridgehead atoms. The van der Waals surface area contributed by atoms with Gasteiger partial charge in [0.2, 0.25) is 5.91 Å². The molecule has 0 saturated carbocycles. The smallest absolute Gasteiger partial charge is 0.246 e. The van der Waals surface area contributed by atoms with Gasteiger partial charge in [-0.05, 0) is 30.3 Å². The third-order valence-electron chi connectivity index (χ3n) is 5.12. The molecular formula is C24H25N3O2. The lowest BCUT2D eigenvalue weighted by Gasteiger charge is -2.34. The zero-order chi connectivity index (χ0) is 19.9. The Morgan fingerprint density at radius 1 is 0.931 bits per heavy atom. The van der Waals surface area contributed by atoms with Gasteiger partial charge in [0.25, 0.3) is 0 Å². The van der Waals surface area contributed by atoms with Gasteiger partial charge in [0.05, 0.1) is 11.2 Å². The molecule has 0 spiro atoms. The largest absolute Gasteiger partial charge is 0.492 e. The van der Waals surface area contributed by atoms with Crippen molar-refractivity contribution in [2.45, 2.75) is 0 Å². The summed E-state index contributed by atoms with van der Waals surface area (Å²) in [7, 11) is 0. The third kappa shape index (κ3) is 5.21. The summed E-state index contributed by atoms with van der Waals surface area (Å²) in [5.74, 6) is 0.939. The predicted octanol–water partition coefficient (Wildman–Crippen LogP) is 3.47. The maximum Gasteiger partial charge on any atom is 0.246 e. The van der Waals surface area contributed by atoms with Gasteiger partial charge in [-0.1, -0.05) is 42.5 Å². The zero-order valence-corrected chi connectivity index (χ0v) is 16.4. The number of amides is 1. The Balaban J connectivity index is 1.23. The summed E-state index contributed by atoms with van der Waals surface area (Å²) in [5, 5.41) is 1.10. The fraction of sp³-hybridized carbons (Fsp3) is 0.250. The van der Waals surface area contributed by atoms with Crippen LogP contribution in [-0.2, 0) is 4.79 Å². The quantitative estimate of drug-likeness (QED) is 0.608. The number of benzene rings is 2. The van der Waals surface area contributed by atoms with Gasteiger partial charge in [-0.25, -0.2) is 4.98 Å². The van der Waals surface area contributed by atoms with Crippen LogP contribution < -0.4 is 4.74 Å². The lowest BCUT2D eigenvalue weighted by atomic mass is 10.2. The Kier molecular flexibility index (Phi) is 6.17. The van der Waals surface area contributed by atoms with Crippen molar-refractivity contribution in [2.24, 2.45) is 0 Å². The van der Waals surface area contributed by atoms with Gasteiger partial charge in [0, 0.05) is 44.2 Å². The maximum absolute atomic E-state index is 12.5. The molecule has 148 valence electrons. The third-order valence-corrected chi connectivity index (χ3v) is 5.12. The number of hydrogen-bond donors (Lipinski definition) is 0. The predicted molar refractivity (Wildman–Crippen MR) is 116 cm³/mol. The van der Waals surface area contributed by atoms with Crippen LogP contribution in [0.3, 0.4) is 0 Å². The summed E-state index contributed by atoms with van der Waals surface area (Å²) in [6.07, 6.45) is 3.43. The normalized spacial score (nSPS) is 15.1. The van der Waals surface area contributed by atoms with Gasteiger partial charge >= 0.3 is 0 Å². The van der Waals surface area contributed by atoms with E-state index in [1.54, 1.807) is 12.2 Å². The molecule has 1 aromatic heterocycles. The second-order valence-electron chi connectivity index (χ2n) is 7.09. The summed E-state index contributed by atoms with van der Waals surface area (Å²) in [6.45, 7) is 4.73. The number of pyridine rings is 1. The molecule has 1 aliphatic rings. The highest BCUT2D eigenvalue weighted by molar-refractivity contribution is 5.92. The van der Waals surface area contributed by atoms with Crippen LogP contribution in [0, 0.1) is 0 Å². The van der Waals surface area contributed by atoms with Gasteiger partial charge in [-0.2, -0.15) is 0 Å². The molecule has 1 saturated heterocycles. The van der Waals surface area contributed by atoms with E-state index in [1.807, 2.05) is 71.6 Å². The zero-order valence-electron chi connectivity index (χ0n) is 16.4. The van der Waals surface area contributed by atoms with Crippen LogP contribution in [0.2, 0.25) is 0 Å². The minimum Gasteiger partial charge on any atom is -0.492 e. The topological polar surface area (TPSA) is 45.7 Å². The molecule has 0 radical (unpaired) electrons. The van der Waals surface area contributed by atoms with Crippen LogP contribution >= 0.6 is 0 Å². The highest BCUT2D eigenvalue weighted by atomic mass is 16.5. The van der Waals surface area contributed by atoms with E-state index in [-0.39, 0.29) is 5.91 Å². The molecule has 4 rings (SSSR count). The number of aromatic nitrogens is 1. The SMILES string of the molecule is O=C(/C=C/c1ccc2ccccc2n1)N1CCN(CCOc2ccccc2)CC1. The standard InChI is InChI=1S/C24H25N3O2/c28-24(13-12-21-11-10-20-6-4-5-9-23(20)25-21)27-16-14-26(15-17-27)18-19-29-22-7-2-1-3-8-22/h1-13H,14-19H2/b13-12+. The Hall–Kier alpha value is -3.18. The lowest BCUT2D eigenvalue weighted by Crippen LogP contribution is -2.49. The molecule has 0 atom stereocenters. The van der Waals surface area contributed by atoms with Crippen molar-refractivity contribution in [2.75, 3.05) is 39.3 Å². The number of hydrogen-bond acceptors (Lipinski definition) is 4. The molecule has 29 heavy (non-hydrogen) atoms. The molecule has 3 aromatic rings. The molecule has 5 nitrogen and oxygen atoms in total. The first-order valence-electron chi connectivity index (χ1n) is 10.0. The summed E-state index contributed by atoms with van der Waals surface area (Å²) in [6, 6.07) is 21.8. The number of carbonyl (C=O) groups is 1. The van der Waals surface area contributed by atoms with Gasteiger partial charge in [0.1, 0.15) is 12.4 Å². The molecule has 2 aromatic carbocycles. The van der Waals surface area contributed by atoms with E-state index in [4.69, 9.17) is 4.74 Å². The molecule has 0 N–H and O–H groups in total. The van der Waals surface area contributed by atoms with Crippen molar-refractivity contribution >= 4 is 22.9 Å². The molecular weight excluding hydrogens is 362 g/mol. The number of ether oxygens (including phenoxy) is 1. The molecule has 1 aliphatic heterocycles. The van der Waals surface area contributed by atoms with Gasteiger partial charge in [-0.15, -0.1) is 0 Å². The number of fused-ring (bicyclic) bond motifs is 1. The van der Waals surface area contributed by atoms with Crippen LogP contribution in [0.4, 0.5) is 0 Å². The summed E-state index contributed by atoms with van der Waals surface area (Å²) < 4.78 is 5.76. The molecule has 5 heteroatoms. The van der Waals surface area contributed by atoms with E-state index in [0.717, 1.165) is 55.1 Å². The Labute approximate surface area is 171 Å². The first kappa shape index (κ1) is 19.2. The highest BCUT2D eigenvalue weighted by Crippen LogP contribution is 2.13. The van der Waals surface area contributed by atoms with E-state index in [1.165, 1.54) is 0 Å². The van der Waals surface area contributed by atoms with Gasteiger partial charge < -0.3 is 9.64 Å². The van der Waals surface area contributed by atoms with Crippen molar-refractivity contribution in [1.82, 2.24) is 14.8 Å². The summed E-state index contributed by atoms with van der Waals surface area (Å²) >= 11 is 0. The van der Waals surface area contributed by atoms with Gasteiger partial charge in [-0.3, -0.25) is 9.69 Å². The maximum atomic E-state index is 12.5. The minimum absolute atomic E-state index is 0.0418. The minimum atomic E-state index is 0.0418. The van der Waals surface area contributed by atoms with Crippen LogP contribution in [0.5, 0.6) is 5.75 Å². The Bertz CT molecular complexity index is 980. The molecule has 1 fully saturated rings. The van der Waals surface area contributed by atoms with Crippen LogP contribution in [-0.4, -0.2) is 60.0 Å². The number of rotatable bonds is 6. The first-order valence-corrected chi connectivity index (χ1v) is 10.0. The first-order chi connectivity index (χ1) is 14.3. The van der Waals surface area contributed by atoms with Crippen molar-refractivity contribution in [3.05, 3.63) is 78.5 Å². The monoisotopic (exact) mass is 387 g/mol. The van der Waals surface area contributed by atoms with E-state index in [2.05, 4.69) is 9.88 Å². The molecule has 2 heterocycles. The molecule has 0 unspecified atom stereocenters. The van der Waals surface area contributed by atoms with Crippen molar-refractivity contribution in [3.8, 4) is 5.75 Å². The number of nitrogens with zero attached hydrogens (tertiary/aromatic N) is 3.